The van der Waals surface area contributed by atoms with Crippen molar-refractivity contribution in [2.45, 2.75) is 38.1 Å². The first-order valence-corrected chi connectivity index (χ1v) is 5.15. The van der Waals surface area contributed by atoms with Gasteiger partial charge in [-0.05, 0) is 25.7 Å². The van der Waals surface area contributed by atoms with E-state index < -0.39 is 5.54 Å². The maximum absolute atomic E-state index is 11.6. The summed E-state index contributed by atoms with van der Waals surface area (Å²) in [4.78, 5) is 24.6. The SMILES string of the molecule is CC(CN)(C1CC1)N1C(=O)CCC1=O. The molecule has 1 saturated carbocycles. The van der Waals surface area contributed by atoms with Crippen LogP contribution >= 0.6 is 0 Å². The summed E-state index contributed by atoms with van der Waals surface area (Å²) < 4.78 is 0. The molecule has 0 bridgehead atoms. The monoisotopic (exact) mass is 196 g/mol. The Morgan fingerprint density at radius 2 is 1.86 bits per heavy atom. The van der Waals surface area contributed by atoms with E-state index in [0.717, 1.165) is 12.8 Å². The summed E-state index contributed by atoms with van der Waals surface area (Å²) >= 11 is 0. The molecule has 2 amide bonds. The molecule has 2 N–H and O–H groups in total. The van der Waals surface area contributed by atoms with E-state index in [1.807, 2.05) is 6.92 Å². The van der Waals surface area contributed by atoms with Gasteiger partial charge in [-0.2, -0.15) is 0 Å². The number of carbonyl (C=O) groups is 2. The Balaban J connectivity index is 2.25. The van der Waals surface area contributed by atoms with Gasteiger partial charge in [-0.3, -0.25) is 14.5 Å². The van der Waals surface area contributed by atoms with Crippen molar-refractivity contribution in [2.75, 3.05) is 6.54 Å². The summed E-state index contributed by atoms with van der Waals surface area (Å²) in [6.07, 6.45) is 2.90. The third-order valence-corrected chi connectivity index (χ3v) is 3.43. The number of nitrogens with zero attached hydrogens (tertiary/aromatic N) is 1. The maximum atomic E-state index is 11.6. The molecule has 1 aliphatic carbocycles. The molecule has 4 heteroatoms. The first-order chi connectivity index (χ1) is 6.59. The van der Waals surface area contributed by atoms with E-state index in [2.05, 4.69) is 0 Å². The van der Waals surface area contributed by atoms with Crippen LogP contribution in [-0.4, -0.2) is 28.8 Å². The van der Waals surface area contributed by atoms with Crippen LogP contribution in [0.3, 0.4) is 0 Å². The number of carbonyl (C=O) groups excluding carboxylic acids is 2. The normalized spacial score (nSPS) is 26.9. The van der Waals surface area contributed by atoms with Crippen LogP contribution in [0.5, 0.6) is 0 Å². The van der Waals surface area contributed by atoms with E-state index in [1.165, 1.54) is 4.90 Å². The van der Waals surface area contributed by atoms with E-state index in [0.29, 0.717) is 25.3 Å². The van der Waals surface area contributed by atoms with Gasteiger partial charge < -0.3 is 5.73 Å². The van der Waals surface area contributed by atoms with Gasteiger partial charge in [-0.15, -0.1) is 0 Å². The first-order valence-electron chi connectivity index (χ1n) is 5.15. The van der Waals surface area contributed by atoms with Crippen LogP contribution in [-0.2, 0) is 9.59 Å². The molecule has 2 rings (SSSR count). The van der Waals surface area contributed by atoms with Crippen LogP contribution < -0.4 is 5.73 Å². The molecule has 1 saturated heterocycles. The molecule has 0 spiro atoms. The van der Waals surface area contributed by atoms with Crippen molar-refractivity contribution < 1.29 is 9.59 Å². The maximum Gasteiger partial charge on any atom is 0.230 e. The van der Waals surface area contributed by atoms with Crippen LogP contribution in [0.4, 0.5) is 0 Å². The molecule has 0 aromatic rings. The molecule has 4 nitrogen and oxygen atoms in total. The molecule has 0 aromatic heterocycles. The Labute approximate surface area is 83.4 Å². The van der Waals surface area contributed by atoms with Crippen molar-refractivity contribution in [3.05, 3.63) is 0 Å². The molecule has 1 atom stereocenters. The summed E-state index contributed by atoms with van der Waals surface area (Å²) in [6, 6.07) is 0. The Hall–Kier alpha value is -0.900. The lowest BCUT2D eigenvalue weighted by molar-refractivity contribution is -0.145. The Morgan fingerprint density at radius 1 is 1.36 bits per heavy atom. The van der Waals surface area contributed by atoms with Crippen LogP contribution in [0.25, 0.3) is 0 Å². The quantitative estimate of drug-likeness (QED) is 0.659. The van der Waals surface area contributed by atoms with Gasteiger partial charge in [0.1, 0.15) is 0 Å². The van der Waals surface area contributed by atoms with Gasteiger partial charge in [-0.1, -0.05) is 0 Å². The lowest BCUT2D eigenvalue weighted by atomic mass is 9.94. The highest BCUT2D eigenvalue weighted by molar-refractivity contribution is 6.02. The van der Waals surface area contributed by atoms with Gasteiger partial charge in [-0.25, -0.2) is 0 Å². The molecule has 0 aromatic carbocycles. The summed E-state index contributed by atoms with van der Waals surface area (Å²) in [5.41, 5.74) is 5.29. The fourth-order valence-corrected chi connectivity index (χ4v) is 2.29. The highest BCUT2D eigenvalue weighted by atomic mass is 16.2. The lowest BCUT2D eigenvalue weighted by Gasteiger charge is -2.36. The standard InChI is InChI=1S/C10H16N2O2/c1-10(6-11,7-2-3-7)12-8(13)4-5-9(12)14/h7H,2-6,11H2,1H3. The second kappa shape index (κ2) is 3.05. The minimum absolute atomic E-state index is 0.0464. The van der Waals surface area contributed by atoms with Gasteiger partial charge >= 0.3 is 0 Å². The number of hydrogen-bond donors (Lipinski definition) is 1. The third-order valence-electron chi connectivity index (χ3n) is 3.43. The zero-order valence-electron chi connectivity index (χ0n) is 8.45. The highest BCUT2D eigenvalue weighted by Gasteiger charge is 2.50. The Morgan fingerprint density at radius 3 is 2.21 bits per heavy atom. The molecule has 0 radical (unpaired) electrons. The molecule has 2 fully saturated rings. The second-order valence-electron chi connectivity index (χ2n) is 4.46. The van der Waals surface area contributed by atoms with Crippen LogP contribution in [0.1, 0.15) is 32.6 Å². The fraction of sp³-hybridized carbons (Fsp3) is 0.800. The van der Waals surface area contributed by atoms with Crippen LogP contribution in [0.2, 0.25) is 0 Å². The molecular weight excluding hydrogens is 180 g/mol. The fourth-order valence-electron chi connectivity index (χ4n) is 2.29. The zero-order chi connectivity index (χ0) is 10.3. The minimum atomic E-state index is -0.412. The highest BCUT2D eigenvalue weighted by Crippen LogP contribution is 2.44. The average Bonchev–Trinajstić information content (AvgIpc) is 2.94. The lowest BCUT2D eigenvalue weighted by Crippen LogP contribution is -2.55. The molecular formula is C10H16N2O2. The van der Waals surface area contributed by atoms with E-state index in [1.54, 1.807) is 0 Å². The van der Waals surface area contributed by atoms with E-state index >= 15 is 0 Å². The number of likely N-dealkylation sites (tertiary alicyclic amines) is 1. The molecule has 1 heterocycles. The third kappa shape index (κ3) is 1.25. The predicted octanol–water partition coefficient (Wildman–Crippen LogP) is 0.263. The largest absolute Gasteiger partial charge is 0.328 e. The summed E-state index contributed by atoms with van der Waals surface area (Å²) in [7, 11) is 0. The predicted molar refractivity (Wildman–Crippen MR) is 51.3 cm³/mol. The zero-order valence-corrected chi connectivity index (χ0v) is 8.45. The minimum Gasteiger partial charge on any atom is -0.328 e. The van der Waals surface area contributed by atoms with Crippen molar-refractivity contribution >= 4 is 11.8 Å². The summed E-state index contributed by atoms with van der Waals surface area (Å²) in [5, 5.41) is 0. The Bertz CT molecular complexity index is 270. The number of hydrogen-bond acceptors (Lipinski definition) is 3. The van der Waals surface area contributed by atoms with Crippen molar-refractivity contribution in [3.63, 3.8) is 0 Å². The van der Waals surface area contributed by atoms with Gasteiger partial charge in [0.2, 0.25) is 11.8 Å². The summed E-state index contributed by atoms with van der Waals surface area (Å²) in [6.45, 7) is 2.32. The second-order valence-corrected chi connectivity index (χ2v) is 4.46. The first kappa shape index (κ1) is 9.65. The van der Waals surface area contributed by atoms with Gasteiger partial charge in [0.15, 0.2) is 0 Å². The van der Waals surface area contributed by atoms with E-state index in [-0.39, 0.29) is 11.8 Å². The van der Waals surface area contributed by atoms with Crippen LogP contribution in [0.15, 0.2) is 0 Å². The van der Waals surface area contributed by atoms with Crippen molar-refractivity contribution in [2.24, 2.45) is 11.7 Å². The topological polar surface area (TPSA) is 63.4 Å². The van der Waals surface area contributed by atoms with Gasteiger partial charge in [0, 0.05) is 19.4 Å². The molecule has 14 heavy (non-hydrogen) atoms. The van der Waals surface area contributed by atoms with Crippen LogP contribution in [0, 0.1) is 5.92 Å². The molecule has 1 aliphatic heterocycles. The van der Waals surface area contributed by atoms with Crippen molar-refractivity contribution in [1.29, 1.82) is 0 Å². The Kier molecular flexibility index (Phi) is 2.10. The van der Waals surface area contributed by atoms with Crippen molar-refractivity contribution in [3.8, 4) is 0 Å². The number of nitrogens with two attached hydrogens (primary N) is 1. The molecule has 2 aliphatic rings. The van der Waals surface area contributed by atoms with Gasteiger partial charge in [0.25, 0.3) is 0 Å². The van der Waals surface area contributed by atoms with Gasteiger partial charge in [0.05, 0.1) is 5.54 Å². The van der Waals surface area contributed by atoms with Crippen molar-refractivity contribution in [1.82, 2.24) is 4.90 Å². The van der Waals surface area contributed by atoms with E-state index in [9.17, 15) is 9.59 Å². The number of amides is 2. The number of rotatable bonds is 3. The molecule has 78 valence electrons. The van der Waals surface area contributed by atoms with E-state index in [4.69, 9.17) is 5.73 Å². The smallest absolute Gasteiger partial charge is 0.230 e. The number of imide groups is 1. The summed E-state index contributed by atoms with van der Waals surface area (Å²) in [5.74, 6) is 0.336. The molecule has 1 unspecified atom stereocenters. The average molecular weight is 196 g/mol.